The summed E-state index contributed by atoms with van der Waals surface area (Å²) < 4.78 is 34.2. The van der Waals surface area contributed by atoms with E-state index in [1.165, 1.54) is 29.9 Å². The summed E-state index contributed by atoms with van der Waals surface area (Å²) in [6.45, 7) is 2.24. The van der Waals surface area contributed by atoms with E-state index in [9.17, 15) is 23.2 Å². The van der Waals surface area contributed by atoms with Gasteiger partial charge in [0.05, 0.1) is 30.3 Å². The van der Waals surface area contributed by atoms with Gasteiger partial charge in [-0.05, 0) is 36.2 Å². The van der Waals surface area contributed by atoms with Gasteiger partial charge in [0.2, 0.25) is 5.88 Å². The van der Waals surface area contributed by atoms with Crippen molar-refractivity contribution in [2.75, 3.05) is 6.61 Å². The average Bonchev–Trinajstić information content (AvgIpc) is 2.86. The summed E-state index contributed by atoms with van der Waals surface area (Å²) in [5.74, 6) is -2.17. The van der Waals surface area contributed by atoms with Gasteiger partial charge in [0.25, 0.3) is 11.5 Å². The lowest BCUT2D eigenvalue weighted by molar-refractivity contribution is 0.0946. The first-order valence-corrected chi connectivity index (χ1v) is 10.7. The van der Waals surface area contributed by atoms with Gasteiger partial charge in [0.15, 0.2) is 11.6 Å². The van der Waals surface area contributed by atoms with E-state index in [0.29, 0.717) is 12.5 Å². The van der Waals surface area contributed by atoms with Gasteiger partial charge in [-0.1, -0.05) is 12.1 Å². The van der Waals surface area contributed by atoms with Crippen molar-refractivity contribution in [3.8, 4) is 5.88 Å². The molecule has 11 heteroatoms. The van der Waals surface area contributed by atoms with Gasteiger partial charge < -0.3 is 10.1 Å². The third-order valence-electron chi connectivity index (χ3n) is 5.34. The normalized spacial score (nSPS) is 11.0. The third-order valence-corrected chi connectivity index (χ3v) is 5.34. The van der Waals surface area contributed by atoms with E-state index in [2.05, 4.69) is 15.3 Å². The number of carbonyl (C=O) groups is 1. The molecule has 0 aliphatic rings. The molecular formula is C24H21F2N5O4. The number of fused-ring (bicyclic) bond motifs is 1. The van der Waals surface area contributed by atoms with Crippen LogP contribution in [0.3, 0.4) is 0 Å². The molecule has 1 amide bonds. The van der Waals surface area contributed by atoms with Gasteiger partial charge >= 0.3 is 5.69 Å². The SMILES string of the molecule is CCOc1ccc(CNC(=O)c2cc3c(=O)n(Cc4ccc(F)c(F)c4)c(=O)n(C)c3cn2)cn1. The predicted octanol–water partition coefficient (Wildman–Crippen LogP) is 2.15. The molecule has 1 aromatic carbocycles. The molecule has 0 unspecified atom stereocenters. The van der Waals surface area contributed by atoms with Crippen LogP contribution in [0, 0.1) is 11.6 Å². The zero-order valence-corrected chi connectivity index (χ0v) is 18.9. The van der Waals surface area contributed by atoms with Crippen LogP contribution in [-0.4, -0.2) is 31.6 Å². The molecule has 3 aromatic heterocycles. The quantitative estimate of drug-likeness (QED) is 0.433. The van der Waals surface area contributed by atoms with Gasteiger partial charge in [-0.3, -0.25) is 18.7 Å². The number of rotatable bonds is 7. The van der Waals surface area contributed by atoms with Crippen molar-refractivity contribution in [1.29, 1.82) is 0 Å². The Labute approximate surface area is 197 Å². The molecule has 0 radical (unpaired) electrons. The number of halogens is 2. The molecule has 3 heterocycles. The Hall–Kier alpha value is -4.41. The zero-order chi connectivity index (χ0) is 25.1. The number of benzene rings is 1. The largest absolute Gasteiger partial charge is 0.478 e. The Bertz CT molecular complexity index is 1530. The Kier molecular flexibility index (Phi) is 6.67. The van der Waals surface area contributed by atoms with E-state index in [1.807, 2.05) is 6.92 Å². The number of amides is 1. The fourth-order valence-corrected chi connectivity index (χ4v) is 3.51. The summed E-state index contributed by atoms with van der Waals surface area (Å²) in [5, 5.41) is 2.79. The molecule has 0 saturated heterocycles. The van der Waals surface area contributed by atoms with Crippen LogP contribution in [0.2, 0.25) is 0 Å². The van der Waals surface area contributed by atoms with Crippen LogP contribution in [0.4, 0.5) is 8.78 Å². The van der Waals surface area contributed by atoms with Crippen LogP contribution < -0.4 is 21.3 Å². The lowest BCUT2D eigenvalue weighted by Gasteiger charge is -2.12. The molecule has 4 rings (SSSR count). The summed E-state index contributed by atoms with van der Waals surface area (Å²) in [6.07, 6.45) is 2.85. The van der Waals surface area contributed by atoms with Crippen LogP contribution in [0.25, 0.3) is 10.9 Å². The van der Waals surface area contributed by atoms with E-state index in [0.717, 1.165) is 22.3 Å². The van der Waals surface area contributed by atoms with E-state index < -0.39 is 28.8 Å². The molecule has 9 nitrogen and oxygen atoms in total. The second-order valence-electron chi connectivity index (χ2n) is 7.69. The monoisotopic (exact) mass is 481 g/mol. The number of aromatic nitrogens is 4. The molecule has 35 heavy (non-hydrogen) atoms. The summed E-state index contributed by atoms with van der Waals surface area (Å²) in [7, 11) is 1.45. The number of ether oxygens (including phenoxy) is 1. The first kappa shape index (κ1) is 23.7. The average molecular weight is 481 g/mol. The molecule has 0 bridgehead atoms. The minimum atomic E-state index is -1.08. The summed E-state index contributed by atoms with van der Waals surface area (Å²) in [6, 6.07) is 7.88. The Balaban J connectivity index is 1.61. The second kappa shape index (κ2) is 9.84. The number of nitrogens with zero attached hydrogens (tertiary/aromatic N) is 4. The van der Waals surface area contributed by atoms with E-state index in [4.69, 9.17) is 4.74 Å². The second-order valence-corrected chi connectivity index (χ2v) is 7.69. The van der Waals surface area contributed by atoms with Crippen LogP contribution >= 0.6 is 0 Å². The van der Waals surface area contributed by atoms with E-state index in [-0.39, 0.29) is 35.2 Å². The van der Waals surface area contributed by atoms with Gasteiger partial charge in [-0.15, -0.1) is 0 Å². The van der Waals surface area contributed by atoms with Crippen molar-refractivity contribution in [2.24, 2.45) is 7.05 Å². The molecule has 0 atom stereocenters. The van der Waals surface area contributed by atoms with Crippen molar-refractivity contribution >= 4 is 16.8 Å². The lowest BCUT2D eigenvalue weighted by atomic mass is 10.2. The first-order valence-electron chi connectivity index (χ1n) is 10.7. The van der Waals surface area contributed by atoms with Crippen LogP contribution in [0.1, 0.15) is 28.5 Å². The molecule has 0 aliphatic heterocycles. The standard InChI is InChI=1S/C24H21F2N5O4/c1-3-35-21-7-5-15(10-28-21)11-29-22(32)19-9-16-20(12-27-19)30(2)24(34)31(23(16)33)13-14-4-6-17(25)18(26)8-14/h4-10,12H,3,11,13H2,1-2H3,(H,29,32). The minimum Gasteiger partial charge on any atom is -0.478 e. The minimum absolute atomic E-state index is 0.0217. The van der Waals surface area contributed by atoms with Gasteiger partial charge in [0.1, 0.15) is 5.69 Å². The smallest absolute Gasteiger partial charge is 0.331 e. The van der Waals surface area contributed by atoms with Crippen molar-refractivity contribution in [1.82, 2.24) is 24.4 Å². The molecule has 4 aromatic rings. The number of hydrogen-bond acceptors (Lipinski definition) is 6. The highest BCUT2D eigenvalue weighted by Gasteiger charge is 2.16. The Morgan fingerprint density at radius 1 is 1.03 bits per heavy atom. The highest BCUT2D eigenvalue weighted by molar-refractivity contribution is 5.95. The Morgan fingerprint density at radius 2 is 1.80 bits per heavy atom. The third kappa shape index (κ3) is 4.93. The maximum Gasteiger partial charge on any atom is 0.331 e. The first-order chi connectivity index (χ1) is 16.8. The summed E-state index contributed by atoms with van der Waals surface area (Å²) in [5.41, 5.74) is -0.160. The van der Waals surface area contributed by atoms with Crippen LogP contribution in [-0.2, 0) is 20.1 Å². The summed E-state index contributed by atoms with van der Waals surface area (Å²) >= 11 is 0. The number of hydrogen-bond donors (Lipinski definition) is 1. The maximum absolute atomic E-state index is 13.6. The van der Waals surface area contributed by atoms with Crippen molar-refractivity contribution in [3.63, 3.8) is 0 Å². The van der Waals surface area contributed by atoms with Crippen molar-refractivity contribution in [3.05, 3.63) is 98.1 Å². The van der Waals surface area contributed by atoms with E-state index >= 15 is 0 Å². The predicted molar refractivity (Wildman–Crippen MR) is 123 cm³/mol. The van der Waals surface area contributed by atoms with Gasteiger partial charge in [-0.2, -0.15) is 0 Å². The highest BCUT2D eigenvalue weighted by Crippen LogP contribution is 2.12. The molecular weight excluding hydrogens is 460 g/mol. The van der Waals surface area contributed by atoms with Crippen molar-refractivity contribution < 1.29 is 18.3 Å². The number of pyridine rings is 2. The van der Waals surface area contributed by atoms with E-state index in [1.54, 1.807) is 18.3 Å². The molecule has 0 fully saturated rings. The Morgan fingerprint density at radius 3 is 2.49 bits per heavy atom. The molecule has 0 spiro atoms. The molecule has 0 saturated carbocycles. The molecule has 180 valence electrons. The van der Waals surface area contributed by atoms with Crippen molar-refractivity contribution in [2.45, 2.75) is 20.0 Å². The number of nitrogens with one attached hydrogen (secondary N) is 1. The maximum atomic E-state index is 13.6. The molecule has 0 aliphatic carbocycles. The fraction of sp³-hybridized carbons (Fsp3) is 0.208. The zero-order valence-electron chi connectivity index (χ0n) is 18.9. The fourth-order valence-electron chi connectivity index (χ4n) is 3.51. The van der Waals surface area contributed by atoms with Crippen LogP contribution in [0.5, 0.6) is 5.88 Å². The highest BCUT2D eigenvalue weighted by atomic mass is 19.2. The topological polar surface area (TPSA) is 108 Å². The van der Waals surface area contributed by atoms with Gasteiger partial charge in [0, 0.05) is 25.9 Å². The number of aryl methyl sites for hydroxylation is 1. The van der Waals surface area contributed by atoms with Crippen LogP contribution in [0.15, 0.2) is 58.4 Å². The summed E-state index contributed by atoms with van der Waals surface area (Å²) in [4.78, 5) is 46.7. The lowest BCUT2D eigenvalue weighted by Crippen LogP contribution is -2.39. The number of carbonyl (C=O) groups excluding carboxylic acids is 1. The molecule has 1 N–H and O–H groups in total. The van der Waals surface area contributed by atoms with Gasteiger partial charge in [-0.25, -0.2) is 23.5 Å².